The van der Waals surface area contributed by atoms with Gasteiger partial charge in [-0.1, -0.05) is 18.2 Å². The van der Waals surface area contributed by atoms with Gasteiger partial charge in [-0.05, 0) is 17.7 Å². The van der Waals surface area contributed by atoms with Gasteiger partial charge < -0.3 is 5.73 Å². The number of nitriles is 1. The van der Waals surface area contributed by atoms with E-state index in [0.717, 1.165) is 5.56 Å². The van der Waals surface area contributed by atoms with E-state index in [-0.39, 0.29) is 0 Å². The SMILES string of the molecule is N#Cc1cc(C=CCCl)ccc1N. The molecule has 3 heteroatoms. The summed E-state index contributed by atoms with van der Waals surface area (Å²) in [6.07, 6.45) is 3.67. The van der Waals surface area contributed by atoms with Crippen molar-refractivity contribution in [3.8, 4) is 6.07 Å². The monoisotopic (exact) mass is 192 g/mol. The maximum absolute atomic E-state index is 8.69. The molecule has 0 amide bonds. The molecule has 0 fully saturated rings. The van der Waals surface area contributed by atoms with Crippen LogP contribution in [0.25, 0.3) is 6.08 Å². The van der Waals surface area contributed by atoms with E-state index in [2.05, 4.69) is 0 Å². The average molecular weight is 193 g/mol. The van der Waals surface area contributed by atoms with Gasteiger partial charge >= 0.3 is 0 Å². The number of hydrogen-bond acceptors (Lipinski definition) is 2. The lowest BCUT2D eigenvalue weighted by Crippen LogP contribution is -1.89. The first-order valence-corrected chi connectivity index (χ1v) is 4.33. The van der Waals surface area contributed by atoms with Crippen molar-refractivity contribution in [2.75, 3.05) is 11.6 Å². The van der Waals surface area contributed by atoms with Crippen LogP contribution < -0.4 is 5.73 Å². The first-order valence-electron chi connectivity index (χ1n) is 3.80. The lowest BCUT2D eigenvalue weighted by molar-refractivity contribution is 1.48. The Balaban J connectivity index is 3.01. The molecule has 0 aromatic heterocycles. The number of nitrogens with zero attached hydrogens (tertiary/aromatic N) is 1. The Morgan fingerprint density at radius 1 is 1.54 bits per heavy atom. The van der Waals surface area contributed by atoms with Crippen molar-refractivity contribution in [3.05, 3.63) is 35.4 Å². The molecule has 1 aromatic rings. The fourth-order valence-electron chi connectivity index (χ4n) is 0.955. The van der Waals surface area contributed by atoms with Gasteiger partial charge in [-0.2, -0.15) is 5.26 Å². The predicted molar refractivity (Wildman–Crippen MR) is 55.3 cm³/mol. The molecule has 1 rings (SSSR count). The summed E-state index contributed by atoms with van der Waals surface area (Å²) in [5.41, 5.74) is 7.49. The number of alkyl halides is 1. The van der Waals surface area contributed by atoms with E-state index in [4.69, 9.17) is 22.6 Å². The molecule has 2 N–H and O–H groups in total. The summed E-state index contributed by atoms with van der Waals surface area (Å²) >= 11 is 5.48. The van der Waals surface area contributed by atoms with Crippen molar-refractivity contribution in [2.45, 2.75) is 0 Å². The maximum atomic E-state index is 8.69. The first kappa shape index (κ1) is 9.63. The molecule has 2 nitrogen and oxygen atoms in total. The number of hydrogen-bond donors (Lipinski definition) is 1. The summed E-state index contributed by atoms with van der Waals surface area (Å²) in [5.74, 6) is 0.465. The second-order valence-corrected chi connectivity index (χ2v) is 2.82. The Labute approximate surface area is 82.2 Å². The standard InChI is InChI=1S/C10H9ClN2/c11-5-1-2-8-3-4-10(13)9(6-8)7-12/h1-4,6H,5,13H2. The second kappa shape index (κ2) is 4.54. The van der Waals surface area contributed by atoms with Crippen molar-refractivity contribution in [3.63, 3.8) is 0 Å². The third kappa shape index (κ3) is 2.50. The number of benzene rings is 1. The third-order valence-electron chi connectivity index (χ3n) is 1.60. The van der Waals surface area contributed by atoms with Gasteiger partial charge in [-0.25, -0.2) is 0 Å². The van der Waals surface area contributed by atoms with E-state index in [9.17, 15) is 0 Å². The highest BCUT2D eigenvalue weighted by Gasteiger charge is 1.96. The highest BCUT2D eigenvalue weighted by molar-refractivity contribution is 6.19. The number of nitrogen functional groups attached to an aromatic ring is 1. The van der Waals surface area contributed by atoms with Crippen molar-refractivity contribution < 1.29 is 0 Å². The van der Waals surface area contributed by atoms with Gasteiger partial charge in [0.1, 0.15) is 6.07 Å². The molecule has 0 unspecified atom stereocenters. The fraction of sp³-hybridized carbons (Fsp3) is 0.100. The van der Waals surface area contributed by atoms with Crippen LogP contribution in [0.15, 0.2) is 24.3 Å². The first-order chi connectivity index (χ1) is 6.27. The Morgan fingerprint density at radius 3 is 2.92 bits per heavy atom. The lowest BCUT2D eigenvalue weighted by atomic mass is 10.1. The van der Waals surface area contributed by atoms with Gasteiger partial charge in [-0.15, -0.1) is 11.6 Å². The van der Waals surface area contributed by atoms with Crippen LogP contribution in [0, 0.1) is 11.3 Å². The van der Waals surface area contributed by atoms with Gasteiger partial charge in [0.15, 0.2) is 0 Å². The molecule has 0 heterocycles. The maximum Gasteiger partial charge on any atom is 0.101 e. The Hall–Kier alpha value is -1.46. The van der Waals surface area contributed by atoms with Crippen LogP contribution in [-0.2, 0) is 0 Å². The smallest absolute Gasteiger partial charge is 0.101 e. The van der Waals surface area contributed by atoms with Gasteiger partial charge in [-0.3, -0.25) is 0 Å². The van der Waals surface area contributed by atoms with E-state index in [0.29, 0.717) is 17.1 Å². The van der Waals surface area contributed by atoms with Crippen LogP contribution in [0.2, 0.25) is 0 Å². The van der Waals surface area contributed by atoms with Crippen molar-refractivity contribution in [1.29, 1.82) is 5.26 Å². The van der Waals surface area contributed by atoms with Crippen LogP contribution >= 0.6 is 11.6 Å². The van der Waals surface area contributed by atoms with E-state index < -0.39 is 0 Å². The largest absolute Gasteiger partial charge is 0.398 e. The zero-order valence-electron chi connectivity index (χ0n) is 7.00. The summed E-state index contributed by atoms with van der Waals surface area (Å²) in [6.45, 7) is 0. The zero-order valence-corrected chi connectivity index (χ0v) is 7.75. The molecule has 0 radical (unpaired) electrons. The molecular formula is C10H9ClN2. The van der Waals surface area contributed by atoms with E-state index in [1.165, 1.54) is 0 Å². The minimum atomic E-state index is 0.465. The van der Waals surface area contributed by atoms with Gasteiger partial charge in [0.2, 0.25) is 0 Å². The molecule has 0 saturated heterocycles. The summed E-state index contributed by atoms with van der Waals surface area (Å²) in [5, 5.41) is 8.69. The van der Waals surface area contributed by atoms with Crippen molar-refractivity contribution in [2.24, 2.45) is 0 Å². The molecule has 0 aliphatic rings. The molecule has 13 heavy (non-hydrogen) atoms. The van der Waals surface area contributed by atoms with Crippen molar-refractivity contribution >= 4 is 23.4 Å². The van der Waals surface area contributed by atoms with E-state index in [1.807, 2.05) is 24.3 Å². The van der Waals surface area contributed by atoms with Crippen LogP contribution in [0.1, 0.15) is 11.1 Å². The molecule has 0 bridgehead atoms. The molecule has 0 aliphatic carbocycles. The minimum absolute atomic E-state index is 0.465. The summed E-state index contributed by atoms with van der Waals surface area (Å²) in [6, 6.07) is 7.32. The second-order valence-electron chi connectivity index (χ2n) is 2.52. The number of nitrogens with two attached hydrogens (primary N) is 1. The number of allylic oxidation sites excluding steroid dienone is 1. The quantitative estimate of drug-likeness (QED) is 0.578. The van der Waals surface area contributed by atoms with Crippen LogP contribution in [0.3, 0.4) is 0 Å². The van der Waals surface area contributed by atoms with Crippen LogP contribution in [0.4, 0.5) is 5.69 Å². The normalized spacial score (nSPS) is 10.2. The Kier molecular flexibility index (Phi) is 3.36. The molecule has 0 atom stereocenters. The molecule has 0 saturated carbocycles. The lowest BCUT2D eigenvalue weighted by Gasteiger charge is -1.97. The minimum Gasteiger partial charge on any atom is -0.398 e. The molecular weight excluding hydrogens is 184 g/mol. The van der Waals surface area contributed by atoms with Crippen LogP contribution in [-0.4, -0.2) is 5.88 Å². The highest BCUT2D eigenvalue weighted by atomic mass is 35.5. The third-order valence-corrected chi connectivity index (χ3v) is 1.78. The average Bonchev–Trinajstić information content (AvgIpc) is 2.16. The summed E-state index contributed by atoms with van der Waals surface area (Å²) < 4.78 is 0. The predicted octanol–water partition coefficient (Wildman–Crippen LogP) is 2.39. The molecule has 0 aliphatic heterocycles. The Bertz CT molecular complexity index is 364. The molecule has 1 aromatic carbocycles. The highest BCUT2D eigenvalue weighted by Crippen LogP contribution is 2.13. The fourth-order valence-corrected chi connectivity index (χ4v) is 1.04. The number of anilines is 1. The van der Waals surface area contributed by atoms with E-state index >= 15 is 0 Å². The van der Waals surface area contributed by atoms with Crippen LogP contribution in [0.5, 0.6) is 0 Å². The summed E-state index contributed by atoms with van der Waals surface area (Å²) in [7, 11) is 0. The van der Waals surface area contributed by atoms with Gasteiger partial charge in [0.05, 0.1) is 5.56 Å². The molecule has 0 spiro atoms. The number of halogens is 1. The Morgan fingerprint density at radius 2 is 2.31 bits per heavy atom. The molecule has 66 valence electrons. The van der Waals surface area contributed by atoms with Gasteiger partial charge in [0, 0.05) is 11.6 Å². The van der Waals surface area contributed by atoms with Gasteiger partial charge in [0.25, 0.3) is 0 Å². The summed E-state index contributed by atoms with van der Waals surface area (Å²) in [4.78, 5) is 0. The number of rotatable bonds is 2. The zero-order chi connectivity index (χ0) is 9.68. The van der Waals surface area contributed by atoms with Crippen molar-refractivity contribution in [1.82, 2.24) is 0 Å². The van der Waals surface area contributed by atoms with E-state index in [1.54, 1.807) is 12.1 Å². The topological polar surface area (TPSA) is 49.8 Å².